The van der Waals surface area contributed by atoms with Gasteiger partial charge in [-0.05, 0) is 48.4 Å². The fraction of sp³-hybridized carbons (Fsp3) is 0.440. The van der Waals surface area contributed by atoms with Gasteiger partial charge in [0, 0.05) is 51.4 Å². The van der Waals surface area contributed by atoms with Crippen LogP contribution in [0.3, 0.4) is 0 Å². The van der Waals surface area contributed by atoms with E-state index < -0.39 is 0 Å². The van der Waals surface area contributed by atoms with Gasteiger partial charge in [0.15, 0.2) is 0 Å². The van der Waals surface area contributed by atoms with Gasteiger partial charge in [0.25, 0.3) is 0 Å². The average molecular weight is 421 g/mol. The number of carbonyl (C=O) groups is 2. The van der Waals surface area contributed by atoms with Crippen LogP contribution in [0.1, 0.15) is 30.4 Å². The molecule has 2 aliphatic rings. The second kappa shape index (κ2) is 10.4. The summed E-state index contributed by atoms with van der Waals surface area (Å²) in [5, 5.41) is 6.03. The Hall–Kier alpha value is -2.86. The number of hydrogen-bond donors (Lipinski definition) is 2. The van der Waals surface area contributed by atoms with Crippen molar-refractivity contribution in [1.82, 2.24) is 15.1 Å². The lowest BCUT2D eigenvalue weighted by Crippen LogP contribution is -2.44. The second-order valence-corrected chi connectivity index (χ2v) is 8.60. The minimum atomic E-state index is -0.0818. The maximum atomic E-state index is 12.5. The van der Waals surface area contributed by atoms with E-state index in [9.17, 15) is 9.59 Å². The molecule has 1 fully saturated rings. The van der Waals surface area contributed by atoms with Crippen LogP contribution in [0.4, 0.5) is 10.5 Å². The van der Waals surface area contributed by atoms with Crippen LogP contribution in [0.5, 0.6) is 0 Å². The van der Waals surface area contributed by atoms with Crippen molar-refractivity contribution in [1.29, 1.82) is 0 Å². The van der Waals surface area contributed by atoms with E-state index in [0.717, 1.165) is 51.1 Å². The van der Waals surface area contributed by atoms with Crippen molar-refractivity contribution in [2.45, 2.75) is 32.2 Å². The number of hydrogen-bond acceptors (Lipinski definition) is 3. The van der Waals surface area contributed by atoms with Gasteiger partial charge in [0.05, 0.1) is 0 Å². The van der Waals surface area contributed by atoms with E-state index in [-0.39, 0.29) is 17.9 Å². The molecule has 164 valence electrons. The van der Waals surface area contributed by atoms with Crippen molar-refractivity contribution in [3.05, 3.63) is 65.7 Å². The number of benzene rings is 2. The molecule has 0 spiro atoms. The number of amides is 3. The van der Waals surface area contributed by atoms with Crippen LogP contribution in [-0.2, 0) is 17.8 Å². The zero-order chi connectivity index (χ0) is 21.5. The van der Waals surface area contributed by atoms with Crippen LogP contribution in [0, 0.1) is 5.92 Å². The Morgan fingerprint density at radius 2 is 1.74 bits per heavy atom. The van der Waals surface area contributed by atoms with Crippen LogP contribution >= 0.6 is 0 Å². The quantitative estimate of drug-likeness (QED) is 0.752. The van der Waals surface area contributed by atoms with E-state index in [0.29, 0.717) is 19.5 Å². The molecular weight excluding hydrogens is 388 g/mol. The minimum absolute atomic E-state index is 0.0818. The summed E-state index contributed by atoms with van der Waals surface area (Å²) in [5.74, 6) is 0.310. The first-order valence-electron chi connectivity index (χ1n) is 11.3. The first kappa shape index (κ1) is 21.4. The number of rotatable bonds is 6. The number of piperidine rings is 1. The highest BCUT2D eigenvalue weighted by atomic mass is 16.2. The molecule has 1 atom stereocenters. The van der Waals surface area contributed by atoms with Crippen molar-refractivity contribution >= 4 is 17.6 Å². The molecule has 0 aromatic heterocycles. The molecule has 3 amide bonds. The van der Waals surface area contributed by atoms with Gasteiger partial charge in [-0.15, -0.1) is 0 Å². The summed E-state index contributed by atoms with van der Waals surface area (Å²) < 4.78 is 0. The third kappa shape index (κ3) is 6.07. The molecule has 2 N–H and O–H groups in total. The lowest BCUT2D eigenvalue weighted by atomic mass is 9.94. The zero-order valence-electron chi connectivity index (χ0n) is 18.1. The van der Waals surface area contributed by atoms with Gasteiger partial charge in [-0.3, -0.25) is 9.69 Å². The maximum absolute atomic E-state index is 12.5. The van der Waals surface area contributed by atoms with E-state index in [4.69, 9.17) is 0 Å². The monoisotopic (exact) mass is 420 g/mol. The molecule has 2 aromatic carbocycles. The Bertz CT molecular complexity index is 886. The van der Waals surface area contributed by atoms with E-state index in [1.165, 1.54) is 11.1 Å². The first-order chi connectivity index (χ1) is 15.2. The lowest BCUT2D eigenvalue weighted by molar-refractivity contribution is -0.122. The summed E-state index contributed by atoms with van der Waals surface area (Å²) in [5.41, 5.74) is 3.64. The summed E-state index contributed by atoms with van der Waals surface area (Å²) >= 11 is 0. The maximum Gasteiger partial charge on any atom is 0.321 e. The lowest BCUT2D eigenvalue weighted by Gasteiger charge is -2.32. The van der Waals surface area contributed by atoms with Gasteiger partial charge in [0.1, 0.15) is 0 Å². The van der Waals surface area contributed by atoms with Crippen molar-refractivity contribution in [2.75, 3.05) is 38.0 Å². The first-order valence-corrected chi connectivity index (χ1v) is 11.3. The highest BCUT2D eigenvalue weighted by Crippen LogP contribution is 2.21. The molecule has 6 nitrogen and oxygen atoms in total. The van der Waals surface area contributed by atoms with Gasteiger partial charge >= 0.3 is 6.03 Å². The number of para-hydroxylation sites is 1. The van der Waals surface area contributed by atoms with Gasteiger partial charge in [-0.2, -0.15) is 0 Å². The Labute approximate surface area is 184 Å². The molecule has 4 rings (SSSR count). The summed E-state index contributed by atoms with van der Waals surface area (Å²) in [6.07, 6.45) is 3.49. The predicted molar refractivity (Wildman–Crippen MR) is 123 cm³/mol. The van der Waals surface area contributed by atoms with E-state index in [1.54, 1.807) is 0 Å². The van der Waals surface area contributed by atoms with Crippen LogP contribution in [0.2, 0.25) is 0 Å². The summed E-state index contributed by atoms with van der Waals surface area (Å²) in [6, 6.07) is 18.0. The molecule has 2 heterocycles. The highest BCUT2D eigenvalue weighted by Gasteiger charge is 2.25. The van der Waals surface area contributed by atoms with Crippen LogP contribution in [0.15, 0.2) is 54.6 Å². The molecule has 0 aliphatic carbocycles. The van der Waals surface area contributed by atoms with Gasteiger partial charge in [-0.1, -0.05) is 42.5 Å². The summed E-state index contributed by atoms with van der Waals surface area (Å²) in [4.78, 5) is 29.2. The fourth-order valence-electron chi connectivity index (χ4n) is 4.57. The topological polar surface area (TPSA) is 64.7 Å². The Balaban J connectivity index is 1.17. The number of anilines is 1. The van der Waals surface area contributed by atoms with Crippen LogP contribution in [0.25, 0.3) is 0 Å². The minimum Gasteiger partial charge on any atom is -0.355 e. The fourth-order valence-corrected chi connectivity index (χ4v) is 4.57. The molecule has 1 saturated heterocycles. The largest absolute Gasteiger partial charge is 0.355 e. The molecule has 1 unspecified atom stereocenters. The molecular formula is C25H32N4O2. The van der Waals surface area contributed by atoms with E-state index in [2.05, 4.69) is 39.8 Å². The third-order valence-electron chi connectivity index (χ3n) is 6.27. The van der Waals surface area contributed by atoms with Crippen molar-refractivity contribution in [2.24, 2.45) is 5.92 Å². The number of likely N-dealkylation sites (tertiary alicyclic amines) is 1. The van der Waals surface area contributed by atoms with E-state index >= 15 is 0 Å². The number of nitrogens with one attached hydrogen (secondary N) is 2. The van der Waals surface area contributed by atoms with Crippen molar-refractivity contribution in [3.63, 3.8) is 0 Å². The average Bonchev–Trinajstić information content (AvgIpc) is 2.80. The normalized spacial score (nSPS) is 18.8. The standard InChI is InChI=1S/C25H32N4O2/c30-24(26-13-16-28-15-12-21-8-4-5-9-22(21)19-28)17-20-7-6-14-29(18-20)25(31)27-23-10-2-1-3-11-23/h1-5,8-11,20H,6-7,12-19H2,(H,26,30)(H,27,31). The Morgan fingerprint density at radius 1 is 0.968 bits per heavy atom. The summed E-state index contributed by atoms with van der Waals surface area (Å²) in [6.45, 7) is 4.92. The molecule has 2 aromatic rings. The van der Waals surface area contributed by atoms with Crippen LogP contribution < -0.4 is 10.6 Å². The zero-order valence-corrected chi connectivity index (χ0v) is 18.1. The summed E-state index contributed by atoms with van der Waals surface area (Å²) in [7, 11) is 0. The van der Waals surface area contributed by atoms with Gasteiger partial charge < -0.3 is 15.5 Å². The second-order valence-electron chi connectivity index (χ2n) is 8.60. The van der Waals surface area contributed by atoms with Gasteiger partial charge in [-0.25, -0.2) is 4.79 Å². The Kier molecular flexibility index (Phi) is 7.20. The SMILES string of the molecule is O=C(CC1CCCN(C(=O)Nc2ccccc2)C1)NCCN1CCc2ccccc2C1. The highest BCUT2D eigenvalue weighted by molar-refractivity contribution is 5.89. The molecule has 6 heteroatoms. The molecule has 31 heavy (non-hydrogen) atoms. The molecule has 0 saturated carbocycles. The predicted octanol–water partition coefficient (Wildman–Crippen LogP) is 3.50. The number of nitrogens with zero attached hydrogens (tertiary/aromatic N) is 2. The van der Waals surface area contributed by atoms with Crippen molar-refractivity contribution in [3.8, 4) is 0 Å². The third-order valence-corrected chi connectivity index (χ3v) is 6.27. The van der Waals surface area contributed by atoms with E-state index in [1.807, 2.05) is 35.2 Å². The molecule has 0 radical (unpaired) electrons. The molecule has 0 bridgehead atoms. The Morgan fingerprint density at radius 3 is 2.58 bits per heavy atom. The van der Waals surface area contributed by atoms with Crippen LogP contribution in [-0.4, -0.2) is 54.5 Å². The van der Waals surface area contributed by atoms with Crippen molar-refractivity contribution < 1.29 is 9.59 Å². The number of fused-ring (bicyclic) bond motifs is 1. The number of urea groups is 1. The smallest absolute Gasteiger partial charge is 0.321 e. The number of carbonyl (C=O) groups excluding carboxylic acids is 2. The molecule has 2 aliphatic heterocycles. The van der Waals surface area contributed by atoms with Gasteiger partial charge in [0.2, 0.25) is 5.91 Å².